The van der Waals surface area contributed by atoms with Gasteiger partial charge in [-0.1, -0.05) is 13.8 Å². The molecule has 40 heavy (non-hydrogen) atoms. The van der Waals surface area contributed by atoms with Crippen molar-refractivity contribution >= 4 is 44.7 Å². The second-order valence-electron chi connectivity index (χ2n) is 11.6. The van der Waals surface area contributed by atoms with Crippen molar-refractivity contribution in [1.29, 1.82) is 0 Å². The van der Waals surface area contributed by atoms with Crippen LogP contribution >= 0.6 is 0 Å². The third-order valence-electron chi connectivity index (χ3n) is 9.21. The summed E-state index contributed by atoms with van der Waals surface area (Å²) in [6.45, 7) is 6.78. The van der Waals surface area contributed by atoms with E-state index in [9.17, 15) is 27.9 Å². The van der Waals surface area contributed by atoms with Crippen LogP contribution < -0.4 is 19.8 Å². The minimum atomic E-state index is -4.16. The van der Waals surface area contributed by atoms with Crippen LogP contribution in [0.3, 0.4) is 0 Å². The van der Waals surface area contributed by atoms with Gasteiger partial charge in [0.05, 0.1) is 16.9 Å². The maximum atomic E-state index is 13.7. The Kier molecular flexibility index (Phi) is 7.39. The monoisotopic (exact) mass is 568 g/mol. The number of carbonyl (C=O) groups excluding carboxylic acids is 2. The molecule has 2 aliphatic carbocycles. The largest absolute Gasteiger partial charge is 0.480 e. The molecule has 2 aromatic carbocycles. The van der Waals surface area contributed by atoms with E-state index in [-0.39, 0.29) is 23.3 Å². The number of carboxylic acids is 1. The zero-order chi connectivity index (χ0) is 28.7. The first-order valence-electron chi connectivity index (χ1n) is 13.7. The lowest BCUT2D eigenvalue weighted by Gasteiger charge is -2.37. The summed E-state index contributed by atoms with van der Waals surface area (Å²) in [5.74, 6) is -1.94. The Hall–Kier alpha value is -3.44. The van der Waals surface area contributed by atoms with Crippen LogP contribution in [0.1, 0.15) is 43.5 Å². The Morgan fingerprint density at radius 1 is 1.07 bits per heavy atom. The van der Waals surface area contributed by atoms with Gasteiger partial charge in [0.1, 0.15) is 12.3 Å². The number of fused-ring (bicyclic) bond motifs is 2. The molecule has 0 aromatic heterocycles. The van der Waals surface area contributed by atoms with E-state index in [4.69, 9.17) is 0 Å². The number of rotatable bonds is 9. The Morgan fingerprint density at radius 2 is 1.73 bits per heavy atom. The minimum absolute atomic E-state index is 0.0494. The van der Waals surface area contributed by atoms with E-state index in [0.29, 0.717) is 24.1 Å². The molecule has 2 bridgehead atoms. The molecule has 10 nitrogen and oxygen atoms in total. The molecule has 2 saturated carbocycles. The highest BCUT2D eigenvalue weighted by atomic mass is 32.2. The first-order chi connectivity index (χ1) is 18.9. The summed E-state index contributed by atoms with van der Waals surface area (Å²) in [5.41, 5.74) is 0.658. The van der Waals surface area contributed by atoms with Crippen LogP contribution in [0.2, 0.25) is 0 Å². The van der Waals surface area contributed by atoms with Gasteiger partial charge in [0.2, 0.25) is 10.0 Å². The van der Waals surface area contributed by atoms with Gasteiger partial charge >= 0.3 is 5.97 Å². The van der Waals surface area contributed by atoms with Crippen molar-refractivity contribution in [2.45, 2.75) is 33.1 Å². The van der Waals surface area contributed by atoms with Crippen molar-refractivity contribution in [3.05, 3.63) is 54.1 Å². The van der Waals surface area contributed by atoms with E-state index in [1.54, 1.807) is 24.3 Å². The Labute approximate surface area is 234 Å². The van der Waals surface area contributed by atoms with Crippen LogP contribution in [0.4, 0.5) is 17.1 Å². The smallest absolute Gasteiger partial charge is 0.324 e. The maximum absolute atomic E-state index is 13.7. The molecule has 1 saturated heterocycles. The fourth-order valence-corrected chi connectivity index (χ4v) is 8.84. The van der Waals surface area contributed by atoms with Gasteiger partial charge in [-0.15, -0.1) is 0 Å². The molecule has 1 heterocycles. The Bertz CT molecular complexity index is 1400. The first-order valence-corrected chi connectivity index (χ1v) is 15.3. The van der Waals surface area contributed by atoms with E-state index in [1.165, 1.54) is 12.1 Å². The number of piperazine rings is 1. The van der Waals surface area contributed by atoms with Gasteiger partial charge in [-0.3, -0.25) is 18.7 Å². The summed E-state index contributed by atoms with van der Waals surface area (Å²) >= 11 is 0. The number of anilines is 3. The molecule has 3 fully saturated rings. The lowest BCUT2D eigenvalue weighted by atomic mass is 9.70. The molecule has 11 heteroatoms. The fraction of sp³-hybridized carbons (Fsp3) is 0.483. The summed E-state index contributed by atoms with van der Waals surface area (Å²) in [7, 11) is -4.16. The lowest BCUT2D eigenvalue weighted by molar-refractivity contribution is -0.135. The number of sulfonamides is 1. The molecule has 1 aliphatic heterocycles. The molecule has 2 atom stereocenters. The number of nitrogens with one attached hydrogen (secondary N) is 2. The normalized spacial score (nSPS) is 23.7. The standard InChI is InChI=1S/C29H36N4O6S/c1-28(2)21-11-12-29(28,25(34)17-21)19-40(38,39)33(18-26(35)36)24-9-5-22(6-10-24)31-27(37)20-3-7-23(8-4-20)32-15-13-30-14-16-32/h3-10,21,30H,11-19H2,1-2H3,(H,31,37)(H,35,36). The number of aliphatic carboxylic acids is 1. The molecule has 2 aromatic rings. The quantitative estimate of drug-likeness (QED) is 0.420. The molecule has 3 aliphatic rings. The summed E-state index contributed by atoms with van der Waals surface area (Å²) < 4.78 is 28.2. The van der Waals surface area contributed by atoms with Gasteiger partial charge in [-0.05, 0) is 72.7 Å². The second-order valence-corrected chi connectivity index (χ2v) is 13.5. The highest BCUT2D eigenvalue weighted by Crippen LogP contribution is 2.64. The van der Waals surface area contributed by atoms with E-state index in [1.807, 2.05) is 26.0 Å². The van der Waals surface area contributed by atoms with Crippen LogP contribution in [0.15, 0.2) is 48.5 Å². The number of carbonyl (C=O) groups is 3. The Balaban J connectivity index is 1.30. The molecule has 2 unspecified atom stereocenters. The number of benzene rings is 2. The highest BCUT2D eigenvalue weighted by molar-refractivity contribution is 7.92. The topological polar surface area (TPSA) is 136 Å². The van der Waals surface area contributed by atoms with E-state index in [2.05, 4.69) is 15.5 Å². The van der Waals surface area contributed by atoms with Crippen molar-refractivity contribution in [1.82, 2.24) is 5.32 Å². The molecule has 214 valence electrons. The van der Waals surface area contributed by atoms with Crippen LogP contribution in [0.5, 0.6) is 0 Å². The first kappa shape index (κ1) is 28.1. The number of nitrogens with zero attached hydrogens (tertiary/aromatic N) is 2. The zero-order valence-corrected chi connectivity index (χ0v) is 23.7. The molecule has 0 spiro atoms. The van der Waals surface area contributed by atoms with Gasteiger partial charge in [0, 0.05) is 49.5 Å². The van der Waals surface area contributed by atoms with E-state index in [0.717, 1.165) is 42.6 Å². The van der Waals surface area contributed by atoms with Crippen molar-refractivity contribution in [2.75, 3.05) is 53.0 Å². The third-order valence-corrected chi connectivity index (χ3v) is 11.1. The second kappa shape index (κ2) is 10.5. The lowest BCUT2D eigenvalue weighted by Crippen LogP contribution is -2.47. The van der Waals surface area contributed by atoms with E-state index < -0.39 is 39.1 Å². The fourth-order valence-electron chi connectivity index (χ4n) is 6.63. The van der Waals surface area contributed by atoms with Gasteiger partial charge in [0.25, 0.3) is 5.91 Å². The molecule has 1 amide bonds. The molecular weight excluding hydrogens is 532 g/mol. The number of hydrogen-bond donors (Lipinski definition) is 3. The van der Waals surface area contributed by atoms with Gasteiger partial charge < -0.3 is 20.6 Å². The van der Waals surface area contributed by atoms with Crippen molar-refractivity contribution < 1.29 is 27.9 Å². The summed E-state index contributed by atoms with van der Waals surface area (Å²) in [6, 6.07) is 13.4. The number of amides is 1. The molecule has 5 rings (SSSR count). The van der Waals surface area contributed by atoms with Crippen LogP contribution in [0, 0.1) is 16.7 Å². The number of Topliss-reactive ketones (excluding diaryl/α,β-unsaturated/α-hetero) is 1. The predicted molar refractivity (Wildman–Crippen MR) is 153 cm³/mol. The zero-order valence-electron chi connectivity index (χ0n) is 22.9. The van der Waals surface area contributed by atoms with Gasteiger partial charge in [0.15, 0.2) is 0 Å². The highest BCUT2D eigenvalue weighted by Gasteiger charge is 2.65. The van der Waals surface area contributed by atoms with Crippen LogP contribution in [0.25, 0.3) is 0 Å². The predicted octanol–water partition coefficient (Wildman–Crippen LogP) is 2.96. The third kappa shape index (κ3) is 5.08. The van der Waals surface area contributed by atoms with Crippen LogP contribution in [-0.2, 0) is 19.6 Å². The van der Waals surface area contributed by atoms with E-state index >= 15 is 0 Å². The van der Waals surface area contributed by atoms with Crippen molar-refractivity contribution in [3.8, 4) is 0 Å². The molecular formula is C29H36N4O6S. The summed E-state index contributed by atoms with van der Waals surface area (Å²) in [4.78, 5) is 39.7. The average Bonchev–Trinajstić information content (AvgIpc) is 3.27. The number of carboxylic acid groups (broad SMARTS) is 1. The van der Waals surface area contributed by atoms with Gasteiger partial charge in [-0.2, -0.15) is 0 Å². The van der Waals surface area contributed by atoms with Crippen molar-refractivity contribution in [2.24, 2.45) is 16.7 Å². The van der Waals surface area contributed by atoms with Crippen LogP contribution in [-0.4, -0.2) is 69.7 Å². The summed E-state index contributed by atoms with van der Waals surface area (Å²) in [5, 5.41) is 15.6. The number of hydrogen-bond acceptors (Lipinski definition) is 7. The average molecular weight is 569 g/mol. The summed E-state index contributed by atoms with van der Waals surface area (Å²) in [6.07, 6.45) is 1.65. The van der Waals surface area contributed by atoms with Crippen molar-refractivity contribution in [3.63, 3.8) is 0 Å². The number of ketones is 1. The maximum Gasteiger partial charge on any atom is 0.324 e. The molecule has 0 radical (unpaired) electrons. The van der Waals surface area contributed by atoms with Gasteiger partial charge in [-0.25, -0.2) is 8.42 Å². The molecule has 3 N–H and O–H groups in total. The Morgan fingerprint density at radius 3 is 2.27 bits per heavy atom. The minimum Gasteiger partial charge on any atom is -0.480 e. The SMILES string of the molecule is CC1(C)C2CCC1(CS(=O)(=O)N(CC(=O)O)c1ccc(NC(=O)c3ccc(N4CCNCC4)cc3)cc1)C(=O)C2.